The number of likely N-dealkylation sites (N-methyl/N-ethyl adjacent to an activating group) is 1. The maximum atomic E-state index is 14.0. The molecule has 0 aliphatic carbocycles. The highest BCUT2D eigenvalue weighted by atomic mass is 16.3. The van der Waals surface area contributed by atoms with Crippen LogP contribution in [0, 0.1) is 0 Å². The number of carbonyl (C=O) groups is 1. The lowest BCUT2D eigenvalue weighted by atomic mass is 9.89. The highest BCUT2D eigenvalue weighted by molar-refractivity contribution is 5.87. The van der Waals surface area contributed by atoms with Gasteiger partial charge in [-0.05, 0) is 35.2 Å². The second kappa shape index (κ2) is 9.98. The van der Waals surface area contributed by atoms with Gasteiger partial charge in [0.15, 0.2) is 0 Å². The smallest absolute Gasteiger partial charge is 0.234 e. The lowest BCUT2D eigenvalue weighted by molar-refractivity contribution is -0.133. The number of phenols is 1. The van der Waals surface area contributed by atoms with E-state index in [0.717, 1.165) is 29.7 Å². The number of hydrogen-bond donors (Lipinski definition) is 2. The molecule has 1 saturated heterocycles. The van der Waals surface area contributed by atoms with Crippen molar-refractivity contribution in [1.29, 1.82) is 0 Å². The molecular formula is C27H30N2O3. The number of β-amino-alcohol motifs (C(OH)–C–C–N with tert-alkyl or cyclic N) is 1. The monoisotopic (exact) mass is 430 g/mol. The fraction of sp³-hybridized carbons (Fsp3) is 0.296. The number of hydrogen-bond acceptors (Lipinski definition) is 4. The Morgan fingerprint density at radius 2 is 1.50 bits per heavy atom. The van der Waals surface area contributed by atoms with Crippen LogP contribution in [0.4, 0.5) is 0 Å². The van der Waals surface area contributed by atoms with Crippen LogP contribution in [0.2, 0.25) is 0 Å². The van der Waals surface area contributed by atoms with Gasteiger partial charge in [-0.25, -0.2) is 0 Å². The molecule has 1 heterocycles. The number of nitrogens with zero attached hydrogens (tertiary/aromatic N) is 2. The Morgan fingerprint density at radius 1 is 0.938 bits per heavy atom. The molecule has 4 rings (SSSR count). The van der Waals surface area contributed by atoms with Crippen LogP contribution < -0.4 is 0 Å². The Balaban J connectivity index is 1.68. The molecular weight excluding hydrogens is 400 g/mol. The van der Waals surface area contributed by atoms with Crippen LogP contribution in [0.25, 0.3) is 0 Å². The van der Waals surface area contributed by atoms with Gasteiger partial charge in [0, 0.05) is 26.7 Å². The molecule has 1 amide bonds. The summed E-state index contributed by atoms with van der Waals surface area (Å²) in [6.07, 6.45) is 0.425. The van der Waals surface area contributed by atoms with Crippen LogP contribution in [0.1, 0.15) is 35.1 Å². The number of likely N-dealkylation sites (tertiary alicyclic amines) is 1. The molecule has 1 aliphatic rings. The molecule has 0 spiro atoms. The van der Waals surface area contributed by atoms with Crippen molar-refractivity contribution in [3.63, 3.8) is 0 Å². The third-order valence-corrected chi connectivity index (χ3v) is 6.28. The van der Waals surface area contributed by atoms with Crippen LogP contribution in [0.3, 0.4) is 0 Å². The van der Waals surface area contributed by atoms with Crippen molar-refractivity contribution >= 4 is 5.91 Å². The molecule has 32 heavy (non-hydrogen) atoms. The van der Waals surface area contributed by atoms with Gasteiger partial charge in [-0.1, -0.05) is 72.8 Å². The van der Waals surface area contributed by atoms with Crippen LogP contribution >= 0.6 is 0 Å². The van der Waals surface area contributed by atoms with Gasteiger partial charge in [-0.15, -0.1) is 0 Å². The topological polar surface area (TPSA) is 64.0 Å². The maximum Gasteiger partial charge on any atom is 0.234 e. The van der Waals surface area contributed by atoms with Crippen molar-refractivity contribution < 1.29 is 15.0 Å². The molecule has 1 fully saturated rings. The molecule has 1 aliphatic heterocycles. The Kier molecular flexibility index (Phi) is 6.88. The summed E-state index contributed by atoms with van der Waals surface area (Å²) in [5.41, 5.74) is 2.87. The number of benzene rings is 3. The molecule has 2 N–H and O–H groups in total. The zero-order chi connectivity index (χ0) is 22.5. The number of amides is 1. The number of aliphatic hydroxyl groups is 1. The minimum atomic E-state index is -0.411. The summed E-state index contributed by atoms with van der Waals surface area (Å²) in [6, 6.07) is 26.6. The fourth-order valence-electron chi connectivity index (χ4n) is 4.50. The van der Waals surface area contributed by atoms with Crippen LogP contribution in [0.15, 0.2) is 84.9 Å². The van der Waals surface area contributed by atoms with Crippen molar-refractivity contribution in [2.45, 2.75) is 24.5 Å². The zero-order valence-corrected chi connectivity index (χ0v) is 18.3. The van der Waals surface area contributed by atoms with Crippen LogP contribution in [-0.4, -0.2) is 58.7 Å². The van der Waals surface area contributed by atoms with Gasteiger partial charge in [-0.3, -0.25) is 9.69 Å². The van der Waals surface area contributed by atoms with E-state index in [1.165, 1.54) is 0 Å². The maximum absolute atomic E-state index is 14.0. The highest BCUT2D eigenvalue weighted by Gasteiger charge is 2.32. The Bertz CT molecular complexity index is 969. The van der Waals surface area contributed by atoms with Gasteiger partial charge in [-0.2, -0.15) is 0 Å². The summed E-state index contributed by atoms with van der Waals surface area (Å²) in [6.45, 7) is 2.04. The fourth-order valence-corrected chi connectivity index (χ4v) is 4.50. The average molecular weight is 431 g/mol. The molecule has 0 radical (unpaired) electrons. The summed E-state index contributed by atoms with van der Waals surface area (Å²) in [7, 11) is 1.85. The largest absolute Gasteiger partial charge is 0.508 e. The lowest BCUT2D eigenvalue weighted by Gasteiger charge is -2.34. The second-order valence-electron chi connectivity index (χ2n) is 8.51. The Morgan fingerprint density at radius 3 is 2.00 bits per heavy atom. The Labute approximate surface area is 189 Å². The first-order valence-corrected chi connectivity index (χ1v) is 11.1. The first-order valence-electron chi connectivity index (χ1n) is 11.1. The van der Waals surface area contributed by atoms with Gasteiger partial charge >= 0.3 is 0 Å². The normalized spacial score (nSPS) is 17.4. The van der Waals surface area contributed by atoms with Gasteiger partial charge in [0.25, 0.3) is 0 Å². The molecule has 5 nitrogen and oxygen atoms in total. The molecule has 0 bridgehead atoms. The standard InChI is InChI=1S/C27H30N2O3/c1-28(25(19-29-17-16-24(31)18-29)20-12-14-23(30)15-13-20)27(32)26(21-8-4-2-5-9-21)22-10-6-3-7-11-22/h2-15,24-26,30-31H,16-19H2,1H3/t24-,25+/m0/s1. The quantitative estimate of drug-likeness (QED) is 0.599. The molecule has 3 aromatic carbocycles. The summed E-state index contributed by atoms with van der Waals surface area (Å²) < 4.78 is 0. The number of aliphatic hydroxyl groups excluding tert-OH is 1. The van der Waals surface area contributed by atoms with E-state index in [9.17, 15) is 15.0 Å². The van der Waals surface area contributed by atoms with Crippen LogP contribution in [-0.2, 0) is 4.79 Å². The SMILES string of the molecule is CN(C(=O)C(c1ccccc1)c1ccccc1)[C@H](CN1CC[C@H](O)C1)c1ccc(O)cc1. The van der Waals surface area contributed by atoms with Crippen molar-refractivity contribution in [2.24, 2.45) is 0 Å². The Hall–Kier alpha value is -3.15. The van der Waals surface area contributed by atoms with E-state index in [4.69, 9.17) is 0 Å². The van der Waals surface area contributed by atoms with Crippen molar-refractivity contribution in [3.8, 4) is 5.75 Å². The highest BCUT2D eigenvalue weighted by Crippen LogP contribution is 2.31. The molecule has 3 aromatic rings. The predicted octanol–water partition coefficient (Wildman–Crippen LogP) is 3.79. The summed E-state index contributed by atoms with van der Waals surface area (Å²) in [5, 5.41) is 19.8. The number of phenolic OH excluding ortho intramolecular Hbond substituents is 1. The lowest BCUT2D eigenvalue weighted by Crippen LogP contribution is -2.41. The molecule has 0 unspecified atom stereocenters. The number of aromatic hydroxyl groups is 1. The average Bonchev–Trinajstić information content (AvgIpc) is 3.24. The van der Waals surface area contributed by atoms with Crippen molar-refractivity contribution in [1.82, 2.24) is 9.80 Å². The van der Waals surface area contributed by atoms with Gasteiger partial charge < -0.3 is 15.1 Å². The summed E-state index contributed by atoms with van der Waals surface area (Å²) in [4.78, 5) is 18.0. The van der Waals surface area contributed by atoms with Crippen molar-refractivity contribution in [3.05, 3.63) is 102 Å². The van der Waals surface area contributed by atoms with Gasteiger partial charge in [0.2, 0.25) is 5.91 Å². The molecule has 2 atom stereocenters. The van der Waals surface area contributed by atoms with Gasteiger partial charge in [0.1, 0.15) is 5.75 Å². The van der Waals surface area contributed by atoms with Crippen LogP contribution in [0.5, 0.6) is 5.75 Å². The molecule has 166 valence electrons. The minimum Gasteiger partial charge on any atom is -0.508 e. The van der Waals surface area contributed by atoms with E-state index in [-0.39, 0.29) is 23.8 Å². The summed E-state index contributed by atoms with van der Waals surface area (Å²) >= 11 is 0. The zero-order valence-electron chi connectivity index (χ0n) is 18.3. The van der Waals surface area contributed by atoms with E-state index in [1.807, 2.05) is 84.7 Å². The minimum absolute atomic E-state index is 0.0141. The third-order valence-electron chi connectivity index (χ3n) is 6.28. The second-order valence-corrected chi connectivity index (χ2v) is 8.51. The van der Waals surface area contributed by atoms with Crippen molar-refractivity contribution in [2.75, 3.05) is 26.7 Å². The summed E-state index contributed by atoms with van der Waals surface area (Å²) in [5.74, 6) is -0.198. The van der Waals surface area contributed by atoms with E-state index in [2.05, 4.69) is 4.90 Å². The van der Waals surface area contributed by atoms with E-state index < -0.39 is 5.92 Å². The molecule has 0 aromatic heterocycles. The number of carbonyl (C=O) groups excluding carboxylic acids is 1. The first-order chi connectivity index (χ1) is 15.5. The molecule has 0 saturated carbocycles. The predicted molar refractivity (Wildman–Crippen MR) is 125 cm³/mol. The molecule has 5 heteroatoms. The van der Waals surface area contributed by atoms with Gasteiger partial charge in [0.05, 0.1) is 18.1 Å². The number of rotatable bonds is 7. The van der Waals surface area contributed by atoms with E-state index in [0.29, 0.717) is 13.1 Å². The first kappa shape index (κ1) is 22.1. The third kappa shape index (κ3) is 5.01. The van der Waals surface area contributed by atoms with E-state index in [1.54, 1.807) is 12.1 Å². The van der Waals surface area contributed by atoms with E-state index >= 15 is 0 Å².